The van der Waals surface area contributed by atoms with Crippen molar-refractivity contribution in [1.29, 1.82) is 0 Å². The lowest BCUT2D eigenvalue weighted by Crippen LogP contribution is -2.32. The Balaban J connectivity index is 1.70. The maximum Gasteiger partial charge on any atom is 0.269 e. The Kier molecular flexibility index (Phi) is 6.41. The normalized spacial score (nSPS) is 16.1. The van der Waals surface area contributed by atoms with E-state index in [1.807, 2.05) is 23.1 Å². The van der Waals surface area contributed by atoms with Crippen molar-refractivity contribution in [3.8, 4) is 11.5 Å². The molecule has 1 unspecified atom stereocenters. The highest BCUT2D eigenvalue weighted by atomic mass is 32.2. The third-order valence-electron chi connectivity index (χ3n) is 4.78. The number of nitro benzene ring substituents is 1. The number of hydrogen-bond donors (Lipinski definition) is 0. The lowest BCUT2D eigenvalue weighted by Gasteiger charge is -2.26. The highest BCUT2D eigenvalue weighted by Gasteiger charge is 2.32. The first-order chi connectivity index (χ1) is 13.5. The van der Waals surface area contributed by atoms with Gasteiger partial charge in [0.15, 0.2) is 0 Å². The Morgan fingerprint density at radius 3 is 2.61 bits per heavy atom. The van der Waals surface area contributed by atoms with Gasteiger partial charge in [-0.2, -0.15) is 0 Å². The van der Waals surface area contributed by atoms with Crippen LogP contribution in [0.25, 0.3) is 0 Å². The Hall–Kier alpha value is -2.74. The third kappa shape index (κ3) is 4.39. The van der Waals surface area contributed by atoms with Gasteiger partial charge in [-0.3, -0.25) is 14.9 Å². The summed E-state index contributed by atoms with van der Waals surface area (Å²) in [5.74, 6) is 1.79. The number of non-ortho nitro benzene ring substituents is 1. The predicted octanol–water partition coefficient (Wildman–Crippen LogP) is 4.07. The van der Waals surface area contributed by atoms with Crippen LogP contribution in [0, 0.1) is 10.1 Å². The van der Waals surface area contributed by atoms with Gasteiger partial charge in [0.25, 0.3) is 5.69 Å². The molecule has 1 amide bonds. The van der Waals surface area contributed by atoms with E-state index in [1.165, 1.54) is 23.9 Å². The summed E-state index contributed by atoms with van der Waals surface area (Å²) in [6.45, 7) is 0.699. The molecule has 2 aromatic rings. The van der Waals surface area contributed by atoms with Crippen LogP contribution >= 0.6 is 11.8 Å². The van der Waals surface area contributed by atoms with E-state index in [9.17, 15) is 14.9 Å². The average Bonchev–Trinajstić information content (AvgIpc) is 3.21. The molecule has 0 saturated carbocycles. The van der Waals surface area contributed by atoms with Crippen molar-refractivity contribution in [3.05, 3.63) is 58.1 Å². The summed E-state index contributed by atoms with van der Waals surface area (Å²) in [5, 5.41) is 10.7. The molecule has 0 radical (unpaired) electrons. The molecule has 0 aromatic heterocycles. The molecule has 3 rings (SSSR count). The zero-order valence-electron chi connectivity index (χ0n) is 15.8. The number of likely N-dealkylation sites (tertiary alicyclic amines) is 1. The predicted molar refractivity (Wildman–Crippen MR) is 107 cm³/mol. The zero-order valence-corrected chi connectivity index (χ0v) is 16.6. The molecule has 1 atom stereocenters. The molecule has 28 heavy (non-hydrogen) atoms. The molecule has 1 heterocycles. The first-order valence-corrected chi connectivity index (χ1v) is 9.90. The monoisotopic (exact) mass is 402 g/mol. The van der Waals surface area contributed by atoms with Crippen molar-refractivity contribution >= 4 is 23.4 Å². The summed E-state index contributed by atoms with van der Waals surface area (Å²) in [6, 6.07) is 11.8. The molecule has 2 aromatic carbocycles. The van der Waals surface area contributed by atoms with E-state index in [0.29, 0.717) is 6.54 Å². The maximum atomic E-state index is 12.9. The molecule has 0 aliphatic carbocycles. The summed E-state index contributed by atoms with van der Waals surface area (Å²) in [5.41, 5.74) is 0.994. The van der Waals surface area contributed by atoms with Gasteiger partial charge in [0.2, 0.25) is 5.91 Å². The van der Waals surface area contributed by atoms with Gasteiger partial charge in [-0.1, -0.05) is 0 Å². The SMILES string of the molecule is COc1ccc(OC)c(C2CCCN2C(=O)CSc2ccc([N+](=O)[O-])cc2)c1. The minimum absolute atomic E-state index is 0.0377. The quantitative estimate of drug-likeness (QED) is 0.394. The molecular weight excluding hydrogens is 380 g/mol. The summed E-state index contributed by atoms with van der Waals surface area (Å²) in [6.07, 6.45) is 1.80. The van der Waals surface area contributed by atoms with E-state index in [2.05, 4.69) is 0 Å². The van der Waals surface area contributed by atoms with Crippen molar-refractivity contribution in [3.63, 3.8) is 0 Å². The molecule has 0 N–H and O–H groups in total. The van der Waals surface area contributed by atoms with E-state index < -0.39 is 4.92 Å². The van der Waals surface area contributed by atoms with E-state index in [-0.39, 0.29) is 23.4 Å². The maximum absolute atomic E-state index is 12.9. The topological polar surface area (TPSA) is 81.9 Å². The van der Waals surface area contributed by atoms with Crippen LogP contribution in [0.2, 0.25) is 0 Å². The molecule has 0 bridgehead atoms. The highest BCUT2D eigenvalue weighted by molar-refractivity contribution is 8.00. The molecule has 1 saturated heterocycles. The van der Waals surface area contributed by atoms with Crippen LogP contribution in [0.1, 0.15) is 24.4 Å². The van der Waals surface area contributed by atoms with Crippen molar-refractivity contribution in [1.82, 2.24) is 4.90 Å². The summed E-state index contributed by atoms with van der Waals surface area (Å²) >= 11 is 1.38. The Labute approximate surface area is 167 Å². The van der Waals surface area contributed by atoms with Crippen molar-refractivity contribution in [2.75, 3.05) is 26.5 Å². The number of nitro groups is 1. The van der Waals surface area contributed by atoms with Gasteiger partial charge < -0.3 is 14.4 Å². The minimum Gasteiger partial charge on any atom is -0.497 e. The first-order valence-electron chi connectivity index (χ1n) is 8.92. The van der Waals surface area contributed by atoms with E-state index in [1.54, 1.807) is 26.4 Å². The van der Waals surface area contributed by atoms with E-state index >= 15 is 0 Å². The number of carbonyl (C=O) groups is 1. The Morgan fingerprint density at radius 1 is 1.21 bits per heavy atom. The van der Waals surface area contributed by atoms with Gasteiger partial charge in [-0.15, -0.1) is 11.8 Å². The smallest absolute Gasteiger partial charge is 0.269 e. The fraction of sp³-hybridized carbons (Fsp3) is 0.350. The average molecular weight is 402 g/mol. The molecule has 0 spiro atoms. The van der Waals surface area contributed by atoms with Gasteiger partial charge in [-0.25, -0.2) is 0 Å². The number of rotatable bonds is 7. The fourth-order valence-electron chi connectivity index (χ4n) is 3.38. The van der Waals surface area contributed by atoms with Crippen molar-refractivity contribution in [2.45, 2.75) is 23.8 Å². The van der Waals surface area contributed by atoms with Crippen LogP contribution in [0.5, 0.6) is 11.5 Å². The van der Waals surface area contributed by atoms with E-state index in [4.69, 9.17) is 9.47 Å². The summed E-state index contributed by atoms with van der Waals surface area (Å²) in [4.78, 5) is 25.9. The summed E-state index contributed by atoms with van der Waals surface area (Å²) in [7, 11) is 3.24. The van der Waals surface area contributed by atoms with Crippen LogP contribution < -0.4 is 9.47 Å². The van der Waals surface area contributed by atoms with Gasteiger partial charge >= 0.3 is 0 Å². The minimum atomic E-state index is -0.435. The van der Waals surface area contributed by atoms with Crippen LogP contribution in [-0.4, -0.2) is 42.2 Å². The number of amides is 1. The number of thioether (sulfide) groups is 1. The molecule has 1 aliphatic heterocycles. The Morgan fingerprint density at radius 2 is 1.96 bits per heavy atom. The molecule has 7 nitrogen and oxygen atoms in total. The largest absolute Gasteiger partial charge is 0.497 e. The molecule has 1 aliphatic rings. The number of ether oxygens (including phenoxy) is 2. The van der Waals surface area contributed by atoms with Gasteiger partial charge in [0, 0.05) is 29.1 Å². The fourth-order valence-corrected chi connectivity index (χ4v) is 4.16. The second kappa shape index (κ2) is 8.97. The number of benzene rings is 2. The number of methoxy groups -OCH3 is 2. The lowest BCUT2D eigenvalue weighted by atomic mass is 10.0. The molecule has 148 valence electrons. The number of hydrogen-bond acceptors (Lipinski definition) is 6. The van der Waals surface area contributed by atoms with Crippen LogP contribution in [0.4, 0.5) is 5.69 Å². The number of carbonyl (C=O) groups excluding carboxylic acids is 1. The van der Waals surface area contributed by atoms with Gasteiger partial charge in [0.05, 0.1) is 30.9 Å². The zero-order chi connectivity index (χ0) is 20.1. The van der Waals surface area contributed by atoms with Crippen molar-refractivity contribution in [2.24, 2.45) is 0 Å². The van der Waals surface area contributed by atoms with Gasteiger partial charge in [-0.05, 0) is 43.2 Å². The van der Waals surface area contributed by atoms with E-state index in [0.717, 1.165) is 34.8 Å². The summed E-state index contributed by atoms with van der Waals surface area (Å²) < 4.78 is 10.8. The second-order valence-electron chi connectivity index (χ2n) is 6.39. The molecule has 1 fully saturated rings. The van der Waals surface area contributed by atoms with Crippen LogP contribution in [-0.2, 0) is 4.79 Å². The van der Waals surface area contributed by atoms with Crippen LogP contribution in [0.3, 0.4) is 0 Å². The number of nitrogens with zero attached hydrogens (tertiary/aromatic N) is 2. The molecule has 8 heteroatoms. The highest BCUT2D eigenvalue weighted by Crippen LogP contribution is 2.39. The molecular formula is C20H22N2O5S. The van der Waals surface area contributed by atoms with Gasteiger partial charge in [0.1, 0.15) is 11.5 Å². The second-order valence-corrected chi connectivity index (χ2v) is 7.44. The van der Waals surface area contributed by atoms with Crippen molar-refractivity contribution < 1.29 is 19.2 Å². The standard InChI is InChI=1S/C20H22N2O5S/c1-26-15-7-10-19(27-2)17(12-15)18-4-3-11-21(18)20(23)13-28-16-8-5-14(6-9-16)22(24)25/h5-10,12,18H,3-4,11,13H2,1-2H3. The first kappa shape index (κ1) is 20.0. The Bertz CT molecular complexity index is 856. The lowest BCUT2D eigenvalue weighted by molar-refractivity contribution is -0.384. The third-order valence-corrected chi connectivity index (χ3v) is 5.78. The van der Waals surface area contributed by atoms with Crippen LogP contribution in [0.15, 0.2) is 47.4 Å².